The average Bonchev–Trinajstić information content (AvgIpc) is 3.12. The summed E-state index contributed by atoms with van der Waals surface area (Å²) in [5, 5.41) is 10.9. The third-order valence-electron chi connectivity index (χ3n) is 3.56. The number of ether oxygens (including phenoxy) is 2. The second-order valence-corrected chi connectivity index (χ2v) is 6.41. The highest BCUT2D eigenvalue weighted by Gasteiger charge is 2.06. The summed E-state index contributed by atoms with van der Waals surface area (Å²) in [5.74, 6) is 1.69. The summed E-state index contributed by atoms with van der Waals surface area (Å²) < 4.78 is 10.9. The number of nitrogens with one attached hydrogen (secondary N) is 2. The van der Waals surface area contributed by atoms with Crippen LogP contribution in [0.25, 0.3) is 0 Å². The van der Waals surface area contributed by atoms with Crippen LogP contribution < -0.4 is 15.4 Å². The first-order valence-electron chi connectivity index (χ1n) is 8.47. The van der Waals surface area contributed by atoms with E-state index in [4.69, 9.17) is 9.47 Å². The van der Waals surface area contributed by atoms with Crippen LogP contribution in [-0.4, -0.2) is 32.8 Å². The summed E-state index contributed by atoms with van der Waals surface area (Å²) in [6, 6.07) is 8.34. The molecule has 0 aliphatic rings. The van der Waals surface area contributed by atoms with Crippen molar-refractivity contribution in [2.24, 2.45) is 4.99 Å². The maximum Gasteiger partial charge on any atom is 0.191 e. The monoisotopic (exact) mass is 361 g/mol. The van der Waals surface area contributed by atoms with Crippen LogP contribution in [0.3, 0.4) is 0 Å². The van der Waals surface area contributed by atoms with Gasteiger partial charge in [-0.1, -0.05) is 12.1 Å². The minimum absolute atomic E-state index is 0.541. The molecule has 0 saturated heterocycles. The molecule has 0 aliphatic carbocycles. The van der Waals surface area contributed by atoms with E-state index in [9.17, 15) is 0 Å². The maximum atomic E-state index is 5.85. The number of aryl methyl sites for hydroxylation is 1. The molecule has 5 nitrogen and oxygen atoms in total. The first-order chi connectivity index (χ1) is 12.2. The van der Waals surface area contributed by atoms with Gasteiger partial charge in [-0.25, -0.2) is 4.99 Å². The molecule has 1 heterocycles. The molecule has 2 rings (SSSR count). The SMILES string of the molecule is CCNC(=NCc1ccsc1)NCc1ccc(C)cc1OCCOC. The van der Waals surface area contributed by atoms with Gasteiger partial charge in [-0.3, -0.25) is 0 Å². The van der Waals surface area contributed by atoms with E-state index in [0.29, 0.717) is 26.3 Å². The minimum Gasteiger partial charge on any atom is -0.491 e. The number of hydrogen-bond donors (Lipinski definition) is 2. The Morgan fingerprint density at radius 1 is 1.20 bits per heavy atom. The van der Waals surface area contributed by atoms with Gasteiger partial charge >= 0.3 is 0 Å². The van der Waals surface area contributed by atoms with Crippen LogP contribution in [-0.2, 0) is 17.8 Å². The second-order valence-electron chi connectivity index (χ2n) is 5.63. The van der Waals surface area contributed by atoms with Gasteiger partial charge in [0.2, 0.25) is 0 Å². The van der Waals surface area contributed by atoms with Gasteiger partial charge in [-0.15, -0.1) is 0 Å². The number of hydrogen-bond acceptors (Lipinski definition) is 4. The van der Waals surface area contributed by atoms with E-state index in [1.807, 2.05) is 0 Å². The predicted molar refractivity (Wildman–Crippen MR) is 105 cm³/mol. The fraction of sp³-hybridized carbons (Fsp3) is 0.421. The van der Waals surface area contributed by atoms with E-state index in [-0.39, 0.29) is 0 Å². The van der Waals surface area contributed by atoms with Crippen LogP contribution in [0.2, 0.25) is 0 Å². The van der Waals surface area contributed by atoms with E-state index in [1.165, 1.54) is 11.1 Å². The van der Waals surface area contributed by atoms with Crippen molar-refractivity contribution >= 4 is 17.3 Å². The molecule has 0 radical (unpaired) electrons. The van der Waals surface area contributed by atoms with Crippen molar-refractivity contribution in [1.29, 1.82) is 0 Å². The molecule has 6 heteroatoms. The zero-order chi connectivity index (χ0) is 17.9. The summed E-state index contributed by atoms with van der Waals surface area (Å²) in [7, 11) is 1.68. The van der Waals surface area contributed by atoms with Gasteiger partial charge in [0.05, 0.1) is 13.2 Å². The van der Waals surface area contributed by atoms with Crippen LogP contribution in [0.4, 0.5) is 0 Å². The molecular formula is C19H27N3O2S. The number of benzene rings is 1. The Bertz CT molecular complexity index is 657. The number of thiophene rings is 1. The summed E-state index contributed by atoms with van der Waals surface area (Å²) in [6.45, 7) is 7.38. The largest absolute Gasteiger partial charge is 0.491 e. The molecule has 1 aromatic carbocycles. The van der Waals surface area contributed by atoms with Gasteiger partial charge in [-0.2, -0.15) is 11.3 Å². The highest BCUT2D eigenvalue weighted by Crippen LogP contribution is 2.20. The quantitative estimate of drug-likeness (QED) is 0.409. The zero-order valence-electron chi connectivity index (χ0n) is 15.2. The molecule has 0 bridgehead atoms. The Labute approximate surface area is 154 Å². The fourth-order valence-corrected chi connectivity index (χ4v) is 2.91. The van der Waals surface area contributed by atoms with Crippen molar-refractivity contribution < 1.29 is 9.47 Å². The van der Waals surface area contributed by atoms with Crippen LogP contribution in [0.1, 0.15) is 23.6 Å². The molecule has 0 amide bonds. The lowest BCUT2D eigenvalue weighted by Gasteiger charge is -2.15. The molecule has 2 N–H and O–H groups in total. The molecule has 25 heavy (non-hydrogen) atoms. The summed E-state index contributed by atoms with van der Waals surface area (Å²) in [6.07, 6.45) is 0. The van der Waals surface area contributed by atoms with E-state index < -0.39 is 0 Å². The summed E-state index contributed by atoms with van der Waals surface area (Å²) in [4.78, 5) is 4.63. The van der Waals surface area contributed by atoms with Crippen LogP contribution in [0.5, 0.6) is 5.75 Å². The molecule has 2 aromatic rings. The average molecular weight is 362 g/mol. The molecular weight excluding hydrogens is 334 g/mol. The lowest BCUT2D eigenvalue weighted by Crippen LogP contribution is -2.36. The maximum absolute atomic E-state index is 5.85. The smallest absolute Gasteiger partial charge is 0.191 e. The fourth-order valence-electron chi connectivity index (χ4n) is 2.25. The van der Waals surface area contributed by atoms with Gasteiger partial charge in [0.1, 0.15) is 12.4 Å². The highest BCUT2D eigenvalue weighted by molar-refractivity contribution is 7.07. The minimum atomic E-state index is 0.541. The van der Waals surface area contributed by atoms with E-state index in [2.05, 4.69) is 64.5 Å². The Morgan fingerprint density at radius 2 is 2.08 bits per heavy atom. The van der Waals surface area contributed by atoms with Gasteiger partial charge in [0.15, 0.2) is 5.96 Å². The molecule has 0 unspecified atom stereocenters. The summed E-state index contributed by atoms with van der Waals surface area (Å²) >= 11 is 1.69. The van der Waals surface area contributed by atoms with E-state index in [0.717, 1.165) is 23.8 Å². The number of methoxy groups -OCH3 is 1. The Balaban J connectivity index is 1.99. The highest BCUT2D eigenvalue weighted by atomic mass is 32.1. The van der Waals surface area contributed by atoms with Crippen molar-refractivity contribution in [2.75, 3.05) is 26.9 Å². The van der Waals surface area contributed by atoms with Crippen LogP contribution >= 0.6 is 11.3 Å². The van der Waals surface area contributed by atoms with Gasteiger partial charge in [0, 0.05) is 25.8 Å². The molecule has 0 spiro atoms. The molecule has 0 saturated carbocycles. The number of guanidine groups is 1. The second kappa shape index (κ2) is 10.7. The third kappa shape index (κ3) is 6.76. The predicted octanol–water partition coefficient (Wildman–Crippen LogP) is 3.34. The molecule has 0 aliphatic heterocycles. The van der Waals surface area contributed by atoms with Gasteiger partial charge < -0.3 is 20.1 Å². The standard InChI is InChI=1S/C19H27N3O2S/c1-4-20-19(21-12-16-7-10-25-14-16)22-13-17-6-5-15(2)11-18(17)24-9-8-23-3/h5-7,10-11,14H,4,8-9,12-13H2,1-3H3,(H2,20,21,22). The Kier molecular flexibility index (Phi) is 8.28. The normalized spacial score (nSPS) is 11.4. The first-order valence-corrected chi connectivity index (χ1v) is 9.41. The van der Waals surface area contributed by atoms with Crippen molar-refractivity contribution in [3.8, 4) is 5.75 Å². The van der Waals surface area contributed by atoms with Gasteiger partial charge in [-0.05, 0) is 47.9 Å². The number of nitrogens with zero attached hydrogens (tertiary/aromatic N) is 1. The third-order valence-corrected chi connectivity index (χ3v) is 4.29. The van der Waals surface area contributed by atoms with E-state index in [1.54, 1.807) is 18.4 Å². The van der Waals surface area contributed by atoms with Gasteiger partial charge in [0.25, 0.3) is 0 Å². The Morgan fingerprint density at radius 3 is 2.80 bits per heavy atom. The van der Waals surface area contributed by atoms with Crippen molar-refractivity contribution in [3.05, 3.63) is 51.7 Å². The van der Waals surface area contributed by atoms with Crippen molar-refractivity contribution in [3.63, 3.8) is 0 Å². The van der Waals surface area contributed by atoms with Crippen molar-refractivity contribution in [2.45, 2.75) is 26.9 Å². The van der Waals surface area contributed by atoms with E-state index >= 15 is 0 Å². The Hall–Kier alpha value is -2.05. The zero-order valence-corrected chi connectivity index (χ0v) is 16.0. The summed E-state index contributed by atoms with van der Waals surface area (Å²) in [5.41, 5.74) is 3.50. The lowest BCUT2D eigenvalue weighted by atomic mass is 10.1. The molecule has 0 fully saturated rings. The first kappa shape index (κ1) is 19.3. The molecule has 136 valence electrons. The van der Waals surface area contributed by atoms with Crippen LogP contribution in [0.15, 0.2) is 40.0 Å². The van der Waals surface area contributed by atoms with Crippen molar-refractivity contribution in [1.82, 2.24) is 10.6 Å². The number of rotatable bonds is 9. The number of aliphatic imine (C=N–C) groups is 1. The lowest BCUT2D eigenvalue weighted by molar-refractivity contribution is 0.145. The van der Waals surface area contributed by atoms with Crippen LogP contribution in [0, 0.1) is 6.92 Å². The molecule has 0 atom stereocenters. The topological polar surface area (TPSA) is 54.9 Å². The molecule has 1 aromatic heterocycles.